The third-order valence-corrected chi connectivity index (χ3v) is 3.57. The molecule has 1 aliphatic heterocycles. The van der Waals surface area contributed by atoms with E-state index in [9.17, 15) is 9.59 Å². The van der Waals surface area contributed by atoms with Gasteiger partial charge in [0, 0.05) is 18.5 Å². The van der Waals surface area contributed by atoms with Crippen LogP contribution in [0.1, 0.15) is 18.5 Å². The molecule has 0 saturated carbocycles. The molecule has 1 N–H and O–H groups in total. The average Bonchev–Trinajstić information content (AvgIpc) is 2.82. The van der Waals surface area contributed by atoms with Crippen LogP contribution in [0.2, 0.25) is 0 Å². The Labute approximate surface area is 103 Å². The summed E-state index contributed by atoms with van der Waals surface area (Å²) in [5, 5.41) is 10.8. The number of aromatic nitrogens is 1. The molecule has 0 spiro atoms. The number of nitrogens with zero attached hydrogens (tertiary/aromatic N) is 2. The molecule has 1 saturated heterocycles. The van der Waals surface area contributed by atoms with Gasteiger partial charge >= 0.3 is 5.97 Å². The lowest BCUT2D eigenvalue weighted by molar-refractivity contribution is -0.145. The molecule has 0 aliphatic carbocycles. The minimum atomic E-state index is -0.809. The largest absolute Gasteiger partial charge is 0.481 e. The van der Waals surface area contributed by atoms with Crippen molar-refractivity contribution in [3.8, 4) is 0 Å². The minimum Gasteiger partial charge on any atom is -0.481 e. The zero-order valence-electron chi connectivity index (χ0n) is 9.33. The van der Waals surface area contributed by atoms with Crippen molar-refractivity contribution in [2.75, 3.05) is 13.1 Å². The van der Waals surface area contributed by atoms with Crippen LogP contribution in [0.4, 0.5) is 0 Å². The van der Waals surface area contributed by atoms with Gasteiger partial charge in [0.05, 0.1) is 23.5 Å². The Bertz CT molecular complexity index is 405. The third kappa shape index (κ3) is 3.03. The normalized spacial score (nSPS) is 20.2. The average molecular weight is 254 g/mol. The summed E-state index contributed by atoms with van der Waals surface area (Å²) >= 11 is 1.46. The fourth-order valence-corrected chi connectivity index (χ4v) is 2.56. The molecular formula is C11H14N2O3S. The molecule has 1 aliphatic rings. The van der Waals surface area contributed by atoms with Crippen LogP contribution >= 0.6 is 11.3 Å². The molecule has 92 valence electrons. The van der Waals surface area contributed by atoms with Gasteiger partial charge in [-0.05, 0) is 12.8 Å². The topological polar surface area (TPSA) is 70.5 Å². The van der Waals surface area contributed by atoms with Crippen molar-refractivity contribution in [3.05, 3.63) is 16.6 Å². The van der Waals surface area contributed by atoms with E-state index in [0.717, 1.165) is 12.1 Å². The molecule has 1 atom stereocenters. The first-order chi connectivity index (χ1) is 8.16. The van der Waals surface area contributed by atoms with Crippen LogP contribution in [0.5, 0.6) is 0 Å². The number of thiazole rings is 1. The summed E-state index contributed by atoms with van der Waals surface area (Å²) in [4.78, 5) is 28.5. The predicted octanol–water partition coefficient (Wildman–Crippen LogP) is 1.01. The summed E-state index contributed by atoms with van der Waals surface area (Å²) < 4.78 is 0. The maximum Gasteiger partial charge on any atom is 0.308 e. The SMILES string of the molecule is O=C(O)C1CCCN(C(=O)Cc2cscn2)C1. The van der Waals surface area contributed by atoms with Gasteiger partial charge in [-0.25, -0.2) is 4.98 Å². The molecule has 1 unspecified atom stereocenters. The fraction of sp³-hybridized carbons (Fsp3) is 0.545. The molecule has 1 fully saturated rings. The van der Waals surface area contributed by atoms with Gasteiger partial charge in [-0.2, -0.15) is 0 Å². The second-order valence-electron chi connectivity index (χ2n) is 4.17. The lowest BCUT2D eigenvalue weighted by Gasteiger charge is -2.30. The van der Waals surface area contributed by atoms with Gasteiger partial charge in [-0.3, -0.25) is 9.59 Å². The monoisotopic (exact) mass is 254 g/mol. The Balaban J connectivity index is 1.93. The van der Waals surface area contributed by atoms with Gasteiger partial charge in [0.1, 0.15) is 0 Å². The first kappa shape index (κ1) is 12.0. The Morgan fingerprint density at radius 1 is 1.59 bits per heavy atom. The van der Waals surface area contributed by atoms with Crippen LogP contribution in [0, 0.1) is 5.92 Å². The highest BCUT2D eigenvalue weighted by Gasteiger charge is 2.28. The summed E-state index contributed by atoms with van der Waals surface area (Å²) in [5.41, 5.74) is 2.45. The molecule has 6 heteroatoms. The van der Waals surface area contributed by atoms with Crippen LogP contribution < -0.4 is 0 Å². The third-order valence-electron chi connectivity index (χ3n) is 2.94. The van der Waals surface area contributed by atoms with Crippen molar-refractivity contribution in [1.29, 1.82) is 0 Å². The van der Waals surface area contributed by atoms with E-state index in [1.165, 1.54) is 11.3 Å². The highest BCUT2D eigenvalue weighted by atomic mass is 32.1. The second-order valence-corrected chi connectivity index (χ2v) is 4.89. The summed E-state index contributed by atoms with van der Waals surface area (Å²) in [6.45, 7) is 0.991. The van der Waals surface area contributed by atoms with Crippen molar-refractivity contribution < 1.29 is 14.7 Å². The summed E-state index contributed by atoms with van der Waals surface area (Å²) in [7, 11) is 0. The molecule has 0 bridgehead atoms. The zero-order chi connectivity index (χ0) is 12.3. The smallest absolute Gasteiger partial charge is 0.308 e. The number of carbonyl (C=O) groups excluding carboxylic acids is 1. The Hall–Kier alpha value is -1.43. The van der Waals surface area contributed by atoms with Crippen LogP contribution in [0.15, 0.2) is 10.9 Å². The summed E-state index contributed by atoms with van der Waals surface area (Å²) in [6, 6.07) is 0. The standard InChI is InChI=1S/C11H14N2O3S/c14-10(4-9-6-17-7-12-9)13-3-1-2-8(5-13)11(15)16/h6-8H,1-5H2,(H,15,16). The van der Waals surface area contributed by atoms with E-state index in [0.29, 0.717) is 19.5 Å². The van der Waals surface area contributed by atoms with Gasteiger partial charge < -0.3 is 10.0 Å². The van der Waals surface area contributed by atoms with E-state index in [1.54, 1.807) is 10.4 Å². The molecule has 0 aromatic carbocycles. The molecule has 5 nitrogen and oxygen atoms in total. The van der Waals surface area contributed by atoms with E-state index in [4.69, 9.17) is 5.11 Å². The first-order valence-electron chi connectivity index (χ1n) is 5.54. The molecule has 1 amide bonds. The van der Waals surface area contributed by atoms with Crippen molar-refractivity contribution >= 4 is 23.2 Å². The van der Waals surface area contributed by atoms with Gasteiger partial charge in [-0.15, -0.1) is 11.3 Å². The summed E-state index contributed by atoms with van der Waals surface area (Å²) in [5.74, 6) is -1.25. The number of carboxylic acid groups (broad SMARTS) is 1. The quantitative estimate of drug-likeness (QED) is 0.874. The van der Waals surface area contributed by atoms with Crippen LogP contribution in [-0.4, -0.2) is 40.0 Å². The first-order valence-corrected chi connectivity index (χ1v) is 6.48. The van der Waals surface area contributed by atoms with E-state index < -0.39 is 11.9 Å². The van der Waals surface area contributed by atoms with E-state index in [2.05, 4.69) is 4.98 Å². The van der Waals surface area contributed by atoms with Gasteiger partial charge in [-0.1, -0.05) is 0 Å². The van der Waals surface area contributed by atoms with E-state index in [-0.39, 0.29) is 12.3 Å². The van der Waals surface area contributed by atoms with E-state index >= 15 is 0 Å². The lowest BCUT2D eigenvalue weighted by Crippen LogP contribution is -2.43. The number of hydrogen-bond donors (Lipinski definition) is 1. The predicted molar refractivity (Wildman–Crippen MR) is 62.8 cm³/mol. The number of carboxylic acids is 1. The van der Waals surface area contributed by atoms with Gasteiger partial charge in [0.25, 0.3) is 0 Å². The van der Waals surface area contributed by atoms with Crippen molar-refractivity contribution in [1.82, 2.24) is 9.88 Å². The van der Waals surface area contributed by atoms with Gasteiger partial charge in [0.15, 0.2) is 0 Å². The number of aliphatic carboxylic acids is 1. The minimum absolute atomic E-state index is 0.0261. The molecule has 2 rings (SSSR count). The molecule has 0 radical (unpaired) electrons. The highest BCUT2D eigenvalue weighted by molar-refractivity contribution is 7.07. The Morgan fingerprint density at radius 3 is 3.06 bits per heavy atom. The molecule has 17 heavy (non-hydrogen) atoms. The van der Waals surface area contributed by atoms with Gasteiger partial charge in [0.2, 0.25) is 5.91 Å². The maximum absolute atomic E-state index is 11.9. The Morgan fingerprint density at radius 2 is 2.41 bits per heavy atom. The van der Waals surface area contributed by atoms with Crippen molar-refractivity contribution in [3.63, 3.8) is 0 Å². The van der Waals surface area contributed by atoms with Crippen LogP contribution in [0.25, 0.3) is 0 Å². The number of piperidine rings is 1. The van der Waals surface area contributed by atoms with Crippen LogP contribution in [-0.2, 0) is 16.0 Å². The van der Waals surface area contributed by atoms with Crippen LogP contribution in [0.3, 0.4) is 0 Å². The van der Waals surface area contributed by atoms with Crippen molar-refractivity contribution in [2.45, 2.75) is 19.3 Å². The maximum atomic E-state index is 11.9. The highest BCUT2D eigenvalue weighted by Crippen LogP contribution is 2.17. The molecular weight excluding hydrogens is 240 g/mol. The number of carbonyl (C=O) groups is 2. The summed E-state index contributed by atoms with van der Waals surface area (Å²) in [6.07, 6.45) is 1.70. The van der Waals surface area contributed by atoms with Crippen molar-refractivity contribution in [2.24, 2.45) is 5.92 Å². The number of likely N-dealkylation sites (tertiary alicyclic amines) is 1. The van der Waals surface area contributed by atoms with E-state index in [1.807, 2.05) is 5.38 Å². The lowest BCUT2D eigenvalue weighted by atomic mass is 9.98. The number of rotatable bonds is 3. The fourth-order valence-electron chi connectivity index (χ4n) is 2.00. The number of amides is 1. The molecule has 1 aromatic rings. The number of hydrogen-bond acceptors (Lipinski definition) is 4. The molecule has 1 aromatic heterocycles. The zero-order valence-corrected chi connectivity index (χ0v) is 10.2. The second kappa shape index (κ2) is 5.27. The molecule has 2 heterocycles. The Kier molecular flexibility index (Phi) is 3.73.